The van der Waals surface area contributed by atoms with Gasteiger partial charge in [0.1, 0.15) is 5.75 Å². The first-order valence-corrected chi connectivity index (χ1v) is 7.23. The predicted octanol–water partition coefficient (Wildman–Crippen LogP) is 3.22. The van der Waals surface area contributed by atoms with Gasteiger partial charge >= 0.3 is 6.03 Å². The number of carbonyl (C=O) groups excluding carboxylic acids is 1. The minimum absolute atomic E-state index is 0.0705. The molecule has 21 heavy (non-hydrogen) atoms. The van der Waals surface area contributed by atoms with Crippen LogP contribution < -0.4 is 15.0 Å². The summed E-state index contributed by atoms with van der Waals surface area (Å²) in [6.07, 6.45) is 1.83. The molecule has 0 saturated carbocycles. The Morgan fingerprint density at radius 3 is 2.95 bits per heavy atom. The maximum atomic E-state index is 12.5. The van der Waals surface area contributed by atoms with Crippen molar-refractivity contribution in [1.82, 2.24) is 0 Å². The van der Waals surface area contributed by atoms with E-state index in [2.05, 4.69) is 11.4 Å². The van der Waals surface area contributed by atoms with Crippen molar-refractivity contribution in [2.24, 2.45) is 0 Å². The van der Waals surface area contributed by atoms with Crippen molar-refractivity contribution in [3.8, 4) is 5.75 Å². The number of rotatable bonds is 1. The molecule has 4 nitrogen and oxygen atoms in total. The first-order chi connectivity index (χ1) is 10.3. The molecular weight excluding hydrogens is 264 g/mol. The van der Waals surface area contributed by atoms with E-state index in [9.17, 15) is 4.79 Å². The highest BCUT2D eigenvalue weighted by atomic mass is 16.5. The second-order valence-electron chi connectivity index (χ2n) is 5.38. The lowest BCUT2D eigenvalue weighted by atomic mass is 10.1. The Labute approximate surface area is 123 Å². The van der Waals surface area contributed by atoms with E-state index in [0.717, 1.165) is 48.7 Å². The minimum Gasteiger partial charge on any atom is -0.493 e. The van der Waals surface area contributed by atoms with Crippen molar-refractivity contribution in [3.05, 3.63) is 53.6 Å². The Hall–Kier alpha value is -2.49. The van der Waals surface area contributed by atoms with Gasteiger partial charge in [0, 0.05) is 24.3 Å². The van der Waals surface area contributed by atoms with Crippen molar-refractivity contribution in [1.29, 1.82) is 0 Å². The molecule has 4 rings (SSSR count). The number of fused-ring (bicyclic) bond motifs is 2. The molecule has 0 spiro atoms. The number of para-hydroxylation sites is 1. The minimum atomic E-state index is -0.0705. The molecular formula is C17H16N2O2. The molecule has 4 heteroatoms. The number of nitrogens with zero attached hydrogens (tertiary/aromatic N) is 1. The number of carbonyl (C=O) groups is 1. The third kappa shape index (κ3) is 2.13. The number of urea groups is 1. The van der Waals surface area contributed by atoms with Crippen LogP contribution in [0, 0.1) is 0 Å². The number of anilines is 2. The fraction of sp³-hybridized carbons (Fsp3) is 0.235. The highest BCUT2D eigenvalue weighted by Gasteiger charge is 2.24. The van der Waals surface area contributed by atoms with E-state index in [-0.39, 0.29) is 6.03 Å². The number of amides is 2. The lowest BCUT2D eigenvalue weighted by Gasteiger charge is -2.18. The maximum Gasteiger partial charge on any atom is 0.326 e. The Balaban J connectivity index is 1.54. The smallest absolute Gasteiger partial charge is 0.326 e. The predicted molar refractivity (Wildman–Crippen MR) is 82.2 cm³/mol. The van der Waals surface area contributed by atoms with Crippen molar-refractivity contribution < 1.29 is 9.53 Å². The molecule has 2 heterocycles. The molecule has 0 aromatic heterocycles. The van der Waals surface area contributed by atoms with Crippen LogP contribution in [0.2, 0.25) is 0 Å². The van der Waals surface area contributed by atoms with Gasteiger partial charge in [0.25, 0.3) is 0 Å². The van der Waals surface area contributed by atoms with Gasteiger partial charge < -0.3 is 10.1 Å². The fourth-order valence-electron chi connectivity index (χ4n) is 3.00. The van der Waals surface area contributed by atoms with Crippen LogP contribution in [0.4, 0.5) is 16.2 Å². The van der Waals surface area contributed by atoms with Gasteiger partial charge in [-0.15, -0.1) is 0 Å². The molecule has 106 valence electrons. The topological polar surface area (TPSA) is 41.6 Å². The molecule has 0 bridgehead atoms. The average Bonchev–Trinajstić information content (AvgIpc) is 3.13. The van der Waals surface area contributed by atoms with Crippen molar-refractivity contribution in [3.63, 3.8) is 0 Å². The number of hydrogen-bond acceptors (Lipinski definition) is 2. The summed E-state index contributed by atoms with van der Waals surface area (Å²) in [5.41, 5.74) is 4.23. The monoisotopic (exact) mass is 280 g/mol. The third-order valence-electron chi connectivity index (χ3n) is 4.07. The average molecular weight is 280 g/mol. The molecule has 2 aliphatic heterocycles. The van der Waals surface area contributed by atoms with Crippen LogP contribution in [-0.2, 0) is 12.8 Å². The van der Waals surface area contributed by atoms with E-state index >= 15 is 0 Å². The van der Waals surface area contributed by atoms with E-state index < -0.39 is 0 Å². The molecule has 2 aromatic carbocycles. The second-order valence-corrected chi connectivity index (χ2v) is 5.38. The zero-order valence-electron chi connectivity index (χ0n) is 11.6. The summed E-state index contributed by atoms with van der Waals surface area (Å²) in [6.45, 7) is 1.46. The van der Waals surface area contributed by atoms with E-state index in [1.54, 1.807) is 4.90 Å². The second kappa shape index (κ2) is 4.81. The number of hydrogen-bond donors (Lipinski definition) is 1. The molecule has 2 amide bonds. The van der Waals surface area contributed by atoms with Crippen molar-refractivity contribution >= 4 is 17.4 Å². The molecule has 2 aromatic rings. The summed E-state index contributed by atoms with van der Waals surface area (Å²) in [5, 5.41) is 2.99. The fourth-order valence-corrected chi connectivity index (χ4v) is 3.00. The van der Waals surface area contributed by atoms with E-state index in [4.69, 9.17) is 4.74 Å². The standard InChI is InChI=1S/C17H16N2O2/c20-17(19-9-7-12-3-1-2-4-15(12)19)18-14-5-6-16-13(11-14)8-10-21-16/h1-6,11H,7-10H2,(H,18,20). The van der Waals surface area contributed by atoms with Crippen LogP contribution in [0.15, 0.2) is 42.5 Å². The van der Waals surface area contributed by atoms with E-state index in [0.29, 0.717) is 0 Å². The van der Waals surface area contributed by atoms with Crippen molar-refractivity contribution in [2.75, 3.05) is 23.4 Å². The summed E-state index contributed by atoms with van der Waals surface area (Å²) in [6, 6.07) is 13.8. The van der Waals surface area contributed by atoms with Crippen LogP contribution in [0.5, 0.6) is 5.75 Å². The number of benzene rings is 2. The van der Waals surface area contributed by atoms with Crippen molar-refractivity contribution in [2.45, 2.75) is 12.8 Å². The van der Waals surface area contributed by atoms with Gasteiger partial charge in [-0.3, -0.25) is 4.90 Å². The Bertz CT molecular complexity index is 712. The quantitative estimate of drug-likeness (QED) is 0.871. The third-order valence-corrected chi connectivity index (χ3v) is 4.07. The summed E-state index contributed by atoms with van der Waals surface area (Å²) >= 11 is 0. The van der Waals surface area contributed by atoms with Gasteiger partial charge in [-0.2, -0.15) is 0 Å². The van der Waals surface area contributed by atoms with Gasteiger partial charge in [-0.1, -0.05) is 18.2 Å². The number of nitrogens with one attached hydrogen (secondary N) is 1. The highest BCUT2D eigenvalue weighted by Crippen LogP contribution is 2.30. The zero-order valence-corrected chi connectivity index (χ0v) is 11.6. The van der Waals surface area contributed by atoms with Crippen LogP contribution in [0.1, 0.15) is 11.1 Å². The van der Waals surface area contributed by atoms with Gasteiger partial charge in [-0.25, -0.2) is 4.79 Å². The SMILES string of the molecule is O=C(Nc1ccc2c(c1)CCO2)N1CCc2ccccc21. The zero-order chi connectivity index (χ0) is 14.2. The van der Waals surface area contributed by atoms with Gasteiger partial charge in [-0.05, 0) is 41.8 Å². The molecule has 0 atom stereocenters. The Morgan fingerprint density at radius 1 is 1.10 bits per heavy atom. The first kappa shape index (κ1) is 12.3. The molecule has 0 saturated heterocycles. The van der Waals surface area contributed by atoms with Gasteiger partial charge in [0.2, 0.25) is 0 Å². The highest BCUT2D eigenvalue weighted by molar-refractivity contribution is 6.03. The Morgan fingerprint density at radius 2 is 2.00 bits per heavy atom. The molecule has 1 N–H and O–H groups in total. The molecule has 0 fully saturated rings. The van der Waals surface area contributed by atoms with Crippen LogP contribution in [0.25, 0.3) is 0 Å². The summed E-state index contributed by atoms with van der Waals surface area (Å²) in [5.74, 6) is 0.930. The number of ether oxygens (including phenoxy) is 1. The lowest BCUT2D eigenvalue weighted by molar-refractivity contribution is 0.257. The van der Waals surface area contributed by atoms with Crippen LogP contribution in [-0.4, -0.2) is 19.2 Å². The molecule has 0 radical (unpaired) electrons. The van der Waals surface area contributed by atoms with Gasteiger partial charge in [0.15, 0.2) is 0 Å². The van der Waals surface area contributed by atoms with Crippen LogP contribution >= 0.6 is 0 Å². The Kier molecular flexibility index (Phi) is 2.81. The largest absolute Gasteiger partial charge is 0.493 e. The summed E-state index contributed by atoms with van der Waals surface area (Å²) in [7, 11) is 0. The van der Waals surface area contributed by atoms with Gasteiger partial charge in [0.05, 0.1) is 6.61 Å². The molecule has 0 unspecified atom stereocenters. The maximum absolute atomic E-state index is 12.5. The van der Waals surface area contributed by atoms with Crippen LogP contribution in [0.3, 0.4) is 0 Å². The lowest BCUT2D eigenvalue weighted by Crippen LogP contribution is -2.33. The van der Waals surface area contributed by atoms with E-state index in [1.165, 1.54) is 5.56 Å². The summed E-state index contributed by atoms with van der Waals surface area (Å²) < 4.78 is 5.48. The first-order valence-electron chi connectivity index (χ1n) is 7.23. The molecule has 2 aliphatic rings. The van der Waals surface area contributed by atoms with E-state index in [1.807, 2.05) is 36.4 Å². The summed E-state index contributed by atoms with van der Waals surface area (Å²) in [4.78, 5) is 14.3. The normalized spacial score (nSPS) is 15.3. The molecule has 0 aliphatic carbocycles.